The van der Waals surface area contributed by atoms with E-state index in [1.807, 2.05) is 0 Å². The van der Waals surface area contributed by atoms with Gasteiger partial charge in [0.05, 0.1) is 11.7 Å². The summed E-state index contributed by atoms with van der Waals surface area (Å²) >= 11 is 0. The van der Waals surface area contributed by atoms with Gasteiger partial charge in [0.15, 0.2) is 0 Å². The summed E-state index contributed by atoms with van der Waals surface area (Å²) in [5, 5.41) is 4.57. The van der Waals surface area contributed by atoms with Gasteiger partial charge < -0.3 is 14.6 Å². The summed E-state index contributed by atoms with van der Waals surface area (Å²) in [5.74, 6) is 1.59. The molecule has 154 valence electrons. The highest BCUT2D eigenvalue weighted by molar-refractivity contribution is 5.80. The second-order valence-electron chi connectivity index (χ2n) is 9.89. The minimum absolute atomic E-state index is 0.0333. The van der Waals surface area contributed by atoms with E-state index in [1.54, 1.807) is 0 Å². The van der Waals surface area contributed by atoms with Crippen LogP contribution in [0.3, 0.4) is 0 Å². The van der Waals surface area contributed by atoms with Crippen LogP contribution in [0.15, 0.2) is 30.5 Å². The van der Waals surface area contributed by atoms with Gasteiger partial charge in [-0.05, 0) is 48.8 Å². The van der Waals surface area contributed by atoms with Gasteiger partial charge in [-0.25, -0.2) is 0 Å². The fraction of sp³-hybridized carbons (Fsp3) is 0.625. The number of aromatic nitrogens is 1. The quantitative estimate of drug-likeness (QED) is 0.849. The summed E-state index contributed by atoms with van der Waals surface area (Å²) in [6, 6.07) is 9.01. The van der Waals surface area contributed by atoms with Crippen molar-refractivity contribution >= 4 is 16.8 Å². The Morgan fingerprint density at radius 1 is 1.28 bits per heavy atom. The fourth-order valence-electron chi connectivity index (χ4n) is 6.38. The Bertz CT molecular complexity index is 949. The third-order valence-electron chi connectivity index (χ3n) is 8.20. The topological polar surface area (TPSA) is 46.5 Å². The van der Waals surface area contributed by atoms with Crippen molar-refractivity contribution in [1.29, 1.82) is 0 Å². The van der Waals surface area contributed by atoms with E-state index >= 15 is 0 Å². The molecule has 4 fully saturated rings. The van der Waals surface area contributed by atoms with Gasteiger partial charge in [0.1, 0.15) is 0 Å². The molecule has 1 aromatic heterocycles. The molecule has 4 atom stereocenters. The molecule has 4 aliphatic rings. The lowest BCUT2D eigenvalue weighted by molar-refractivity contribution is -0.127. The molecule has 0 unspecified atom stereocenters. The van der Waals surface area contributed by atoms with Crippen molar-refractivity contribution in [3.05, 3.63) is 36.0 Å². The highest BCUT2D eigenvalue weighted by Gasteiger charge is 2.62. The van der Waals surface area contributed by atoms with Gasteiger partial charge in [-0.3, -0.25) is 9.69 Å². The molecular weight excluding hydrogens is 362 g/mol. The summed E-state index contributed by atoms with van der Waals surface area (Å²) in [6.07, 6.45) is 8.17. The van der Waals surface area contributed by atoms with E-state index in [4.69, 9.17) is 4.74 Å². The smallest absolute Gasteiger partial charge is 0.223 e. The molecule has 1 spiro atoms. The molecule has 4 heterocycles. The van der Waals surface area contributed by atoms with Gasteiger partial charge >= 0.3 is 0 Å². The molecule has 0 radical (unpaired) electrons. The lowest BCUT2D eigenvalue weighted by atomic mass is 9.73. The molecule has 1 amide bonds. The predicted octanol–water partition coefficient (Wildman–Crippen LogP) is 3.07. The van der Waals surface area contributed by atoms with Crippen LogP contribution >= 0.6 is 0 Å². The molecule has 5 nitrogen and oxygen atoms in total. The van der Waals surface area contributed by atoms with E-state index in [9.17, 15) is 4.79 Å². The van der Waals surface area contributed by atoms with E-state index in [2.05, 4.69) is 52.3 Å². The van der Waals surface area contributed by atoms with Gasteiger partial charge in [0.2, 0.25) is 5.91 Å². The number of fused-ring (bicyclic) bond motifs is 2. The van der Waals surface area contributed by atoms with E-state index in [0.717, 1.165) is 45.4 Å². The first kappa shape index (κ1) is 18.0. The Morgan fingerprint density at radius 2 is 2.17 bits per heavy atom. The monoisotopic (exact) mass is 393 g/mol. The molecular formula is C24H31N3O2. The number of benzene rings is 1. The van der Waals surface area contributed by atoms with Crippen molar-refractivity contribution in [3.63, 3.8) is 0 Å². The van der Waals surface area contributed by atoms with Crippen LogP contribution in [0.1, 0.15) is 37.7 Å². The van der Waals surface area contributed by atoms with Crippen LogP contribution in [0.2, 0.25) is 0 Å². The number of carbonyl (C=O) groups is 1. The fourth-order valence-corrected chi connectivity index (χ4v) is 6.38. The first-order valence-electron chi connectivity index (χ1n) is 11.3. The normalized spacial score (nSPS) is 33.9. The molecule has 6 rings (SSSR count). The number of carbonyl (C=O) groups excluding carboxylic acids is 1. The Morgan fingerprint density at radius 3 is 3.00 bits per heavy atom. The maximum absolute atomic E-state index is 12.3. The maximum atomic E-state index is 12.3. The first-order valence-corrected chi connectivity index (χ1v) is 11.3. The van der Waals surface area contributed by atoms with Crippen LogP contribution < -0.4 is 5.32 Å². The van der Waals surface area contributed by atoms with Crippen LogP contribution in [-0.4, -0.2) is 46.7 Å². The molecule has 3 aliphatic heterocycles. The average Bonchev–Trinajstić information content (AvgIpc) is 3.39. The van der Waals surface area contributed by atoms with Crippen LogP contribution in [0.4, 0.5) is 0 Å². The van der Waals surface area contributed by atoms with Crippen LogP contribution in [0, 0.1) is 17.8 Å². The van der Waals surface area contributed by atoms with E-state index in [1.165, 1.54) is 29.3 Å². The molecule has 29 heavy (non-hydrogen) atoms. The number of rotatable bonds is 5. The number of nitrogens with zero attached hydrogens (tertiary/aromatic N) is 2. The molecule has 1 N–H and O–H groups in total. The lowest BCUT2D eigenvalue weighted by Crippen LogP contribution is -2.44. The van der Waals surface area contributed by atoms with Gasteiger partial charge in [0, 0.05) is 62.7 Å². The largest absolute Gasteiger partial charge is 0.370 e. The Kier molecular flexibility index (Phi) is 4.07. The number of hydrogen-bond acceptors (Lipinski definition) is 3. The molecule has 2 bridgehead atoms. The lowest BCUT2D eigenvalue weighted by Gasteiger charge is -2.31. The highest BCUT2D eigenvalue weighted by Crippen LogP contribution is 2.54. The van der Waals surface area contributed by atoms with Gasteiger partial charge in [-0.15, -0.1) is 0 Å². The van der Waals surface area contributed by atoms with Gasteiger partial charge in [0.25, 0.3) is 0 Å². The zero-order chi connectivity index (χ0) is 19.6. The second kappa shape index (κ2) is 6.58. The van der Waals surface area contributed by atoms with E-state index < -0.39 is 0 Å². The Labute approximate surface area is 172 Å². The summed E-state index contributed by atoms with van der Waals surface area (Å²) in [6.45, 7) is 3.90. The molecule has 2 aromatic rings. The van der Waals surface area contributed by atoms with Crippen molar-refractivity contribution < 1.29 is 9.53 Å². The SMILES string of the molecule is Cn1ccc2ccc(CN3C[C@@H]4[C@H](CNC(=O)C5CCC5)[C@H]5CC[C@]4(C3)O5)cc21. The third-order valence-corrected chi connectivity index (χ3v) is 8.20. The molecule has 1 aliphatic carbocycles. The van der Waals surface area contributed by atoms with Crippen molar-refractivity contribution in [1.82, 2.24) is 14.8 Å². The molecule has 1 saturated carbocycles. The number of hydrogen-bond donors (Lipinski definition) is 1. The van der Waals surface area contributed by atoms with Crippen molar-refractivity contribution in [2.75, 3.05) is 19.6 Å². The summed E-state index contributed by atoms with van der Waals surface area (Å²) in [4.78, 5) is 14.9. The number of ether oxygens (including phenoxy) is 1. The number of aryl methyl sites for hydroxylation is 1. The number of amides is 1. The molecule has 1 aromatic carbocycles. The van der Waals surface area contributed by atoms with Crippen molar-refractivity contribution in [2.24, 2.45) is 24.8 Å². The molecule has 3 saturated heterocycles. The number of nitrogens with one attached hydrogen (secondary N) is 1. The highest BCUT2D eigenvalue weighted by atomic mass is 16.5. The second-order valence-corrected chi connectivity index (χ2v) is 9.89. The average molecular weight is 394 g/mol. The zero-order valence-electron chi connectivity index (χ0n) is 17.3. The van der Waals surface area contributed by atoms with Crippen LogP contribution in [0.25, 0.3) is 10.9 Å². The molecule has 5 heteroatoms. The van der Waals surface area contributed by atoms with Crippen LogP contribution in [0.5, 0.6) is 0 Å². The van der Waals surface area contributed by atoms with Crippen molar-refractivity contribution in [3.8, 4) is 0 Å². The standard InChI is InChI=1S/C24H31N3O2/c1-26-10-8-17-6-5-16(11-21(17)26)13-27-14-20-19(12-25-23(28)18-3-2-4-18)22-7-9-24(20,15-27)29-22/h5-6,8,10-11,18-20,22H,2-4,7,9,12-15H2,1H3,(H,25,28)/t19-,20+,22+,24+/m0/s1. The summed E-state index contributed by atoms with van der Waals surface area (Å²) in [7, 11) is 2.11. The summed E-state index contributed by atoms with van der Waals surface area (Å²) in [5.41, 5.74) is 2.71. The number of likely N-dealkylation sites (tertiary alicyclic amines) is 1. The first-order chi connectivity index (χ1) is 14.1. The third kappa shape index (κ3) is 2.85. The van der Waals surface area contributed by atoms with Crippen molar-refractivity contribution in [2.45, 2.75) is 50.4 Å². The van der Waals surface area contributed by atoms with Crippen LogP contribution in [-0.2, 0) is 23.1 Å². The van der Waals surface area contributed by atoms with E-state index in [-0.39, 0.29) is 17.4 Å². The summed E-state index contributed by atoms with van der Waals surface area (Å²) < 4.78 is 8.77. The van der Waals surface area contributed by atoms with Gasteiger partial charge in [-0.2, -0.15) is 0 Å². The van der Waals surface area contributed by atoms with E-state index in [0.29, 0.717) is 17.9 Å². The van der Waals surface area contributed by atoms with Gasteiger partial charge in [-0.1, -0.05) is 18.6 Å². The maximum Gasteiger partial charge on any atom is 0.223 e. The zero-order valence-corrected chi connectivity index (χ0v) is 17.3. The minimum atomic E-state index is 0.0333. The Balaban J connectivity index is 1.14. The predicted molar refractivity (Wildman–Crippen MR) is 112 cm³/mol. The Hall–Kier alpha value is -1.85. The minimum Gasteiger partial charge on any atom is -0.370 e.